The molecule has 0 aromatic carbocycles. The van der Waals surface area contributed by atoms with Gasteiger partial charge in [0.15, 0.2) is 0 Å². The van der Waals surface area contributed by atoms with E-state index in [2.05, 4.69) is 31.2 Å². The molecule has 15 heavy (non-hydrogen) atoms. The molecular formula is C11H21N3S. The van der Waals surface area contributed by atoms with Gasteiger partial charge in [-0.05, 0) is 18.6 Å². The van der Waals surface area contributed by atoms with E-state index in [1.54, 1.807) is 0 Å². The number of aryl methyl sites for hydroxylation is 2. The maximum atomic E-state index is 4.42. The molecule has 1 aromatic rings. The van der Waals surface area contributed by atoms with Crippen LogP contribution in [0.3, 0.4) is 0 Å². The van der Waals surface area contributed by atoms with Gasteiger partial charge in [-0.25, -0.2) is 0 Å². The van der Waals surface area contributed by atoms with E-state index in [1.165, 1.54) is 11.3 Å². The van der Waals surface area contributed by atoms with Crippen molar-refractivity contribution in [2.24, 2.45) is 13.0 Å². The largest absolute Gasteiger partial charge is 0.373 e. The fourth-order valence-corrected chi connectivity index (χ4v) is 2.72. The molecule has 1 heterocycles. The summed E-state index contributed by atoms with van der Waals surface area (Å²) < 4.78 is 1.92. The lowest BCUT2D eigenvalue weighted by Gasteiger charge is -2.07. The normalized spacial score (nSPS) is 11.1. The van der Waals surface area contributed by atoms with E-state index in [0.717, 1.165) is 23.2 Å². The van der Waals surface area contributed by atoms with Gasteiger partial charge in [0.05, 0.1) is 5.69 Å². The van der Waals surface area contributed by atoms with Crippen LogP contribution >= 0.6 is 11.8 Å². The Balaban J connectivity index is 2.67. The first-order valence-electron chi connectivity index (χ1n) is 5.34. The first kappa shape index (κ1) is 12.4. The van der Waals surface area contributed by atoms with Crippen molar-refractivity contribution >= 4 is 17.6 Å². The Morgan fingerprint density at radius 2 is 2.13 bits per heavy atom. The predicted octanol–water partition coefficient (Wildman–Crippen LogP) is 2.66. The van der Waals surface area contributed by atoms with Crippen LogP contribution in [0, 0.1) is 12.8 Å². The van der Waals surface area contributed by atoms with E-state index < -0.39 is 0 Å². The molecular weight excluding hydrogens is 206 g/mol. The van der Waals surface area contributed by atoms with Crippen molar-refractivity contribution < 1.29 is 0 Å². The van der Waals surface area contributed by atoms with E-state index in [0.29, 0.717) is 0 Å². The molecule has 0 bridgehead atoms. The highest BCUT2D eigenvalue weighted by Gasteiger charge is 2.11. The Labute approximate surface area is 96.6 Å². The van der Waals surface area contributed by atoms with Gasteiger partial charge >= 0.3 is 0 Å². The van der Waals surface area contributed by atoms with Crippen molar-refractivity contribution in [1.29, 1.82) is 0 Å². The highest BCUT2D eigenvalue weighted by atomic mass is 32.2. The molecule has 3 nitrogen and oxygen atoms in total. The van der Waals surface area contributed by atoms with E-state index in [4.69, 9.17) is 0 Å². The monoisotopic (exact) mass is 227 g/mol. The van der Waals surface area contributed by atoms with Crippen molar-refractivity contribution in [2.45, 2.75) is 26.5 Å². The van der Waals surface area contributed by atoms with Gasteiger partial charge in [0, 0.05) is 25.4 Å². The molecule has 86 valence electrons. The van der Waals surface area contributed by atoms with Crippen molar-refractivity contribution in [1.82, 2.24) is 9.78 Å². The van der Waals surface area contributed by atoms with Crippen LogP contribution in [-0.2, 0) is 12.8 Å². The van der Waals surface area contributed by atoms with Gasteiger partial charge in [0.25, 0.3) is 0 Å². The quantitative estimate of drug-likeness (QED) is 0.838. The summed E-state index contributed by atoms with van der Waals surface area (Å²) in [5, 5.41) is 7.63. The molecule has 1 aromatic heterocycles. The number of thioether (sulfide) groups is 1. The molecule has 0 fully saturated rings. The first-order chi connectivity index (χ1) is 7.06. The summed E-state index contributed by atoms with van der Waals surface area (Å²) in [6.07, 6.45) is 0. The van der Waals surface area contributed by atoms with Crippen LogP contribution in [0.15, 0.2) is 0 Å². The summed E-state index contributed by atoms with van der Waals surface area (Å²) in [5.41, 5.74) is 2.48. The molecule has 0 saturated heterocycles. The second kappa shape index (κ2) is 5.45. The Morgan fingerprint density at radius 3 is 2.67 bits per heavy atom. The summed E-state index contributed by atoms with van der Waals surface area (Å²) >= 11 is 1.98. The zero-order valence-corrected chi connectivity index (χ0v) is 11.1. The van der Waals surface area contributed by atoms with Crippen LogP contribution in [0.5, 0.6) is 0 Å². The van der Waals surface area contributed by atoms with E-state index in [-0.39, 0.29) is 0 Å². The van der Waals surface area contributed by atoms with E-state index in [1.807, 2.05) is 30.5 Å². The second-order valence-electron chi connectivity index (χ2n) is 4.20. The zero-order chi connectivity index (χ0) is 11.4. The van der Waals surface area contributed by atoms with Crippen LogP contribution in [0.2, 0.25) is 0 Å². The van der Waals surface area contributed by atoms with Crippen LogP contribution in [0.4, 0.5) is 5.82 Å². The second-order valence-corrected chi connectivity index (χ2v) is 5.23. The highest BCUT2D eigenvalue weighted by molar-refractivity contribution is 7.98. The molecule has 0 atom stereocenters. The van der Waals surface area contributed by atoms with Crippen LogP contribution < -0.4 is 5.32 Å². The summed E-state index contributed by atoms with van der Waals surface area (Å²) in [6, 6.07) is 0. The lowest BCUT2D eigenvalue weighted by atomic mass is 10.3. The van der Waals surface area contributed by atoms with Gasteiger partial charge in [0.2, 0.25) is 0 Å². The number of nitrogens with zero attached hydrogens (tertiary/aromatic N) is 2. The van der Waals surface area contributed by atoms with E-state index >= 15 is 0 Å². The summed E-state index contributed by atoms with van der Waals surface area (Å²) in [7, 11) is 3.93. The molecule has 0 spiro atoms. The highest BCUT2D eigenvalue weighted by Crippen LogP contribution is 2.24. The third-order valence-electron chi connectivity index (χ3n) is 2.28. The van der Waals surface area contributed by atoms with Gasteiger partial charge in [-0.1, -0.05) is 13.8 Å². The van der Waals surface area contributed by atoms with Crippen molar-refractivity contribution in [2.75, 3.05) is 18.1 Å². The Morgan fingerprint density at radius 1 is 1.47 bits per heavy atom. The van der Waals surface area contributed by atoms with E-state index in [9.17, 15) is 0 Å². The summed E-state index contributed by atoms with van der Waals surface area (Å²) in [5.74, 6) is 4.15. The average molecular weight is 227 g/mol. The van der Waals surface area contributed by atoms with Crippen molar-refractivity contribution in [3.8, 4) is 0 Å². The van der Waals surface area contributed by atoms with Gasteiger partial charge in [0.1, 0.15) is 5.82 Å². The minimum Gasteiger partial charge on any atom is -0.373 e. The Kier molecular flexibility index (Phi) is 4.51. The summed E-state index contributed by atoms with van der Waals surface area (Å²) in [6.45, 7) is 6.58. The van der Waals surface area contributed by atoms with Gasteiger partial charge in [-0.15, -0.1) is 0 Å². The fourth-order valence-electron chi connectivity index (χ4n) is 1.58. The molecule has 1 N–H and O–H groups in total. The molecule has 0 aliphatic heterocycles. The third kappa shape index (κ3) is 3.16. The lowest BCUT2D eigenvalue weighted by Crippen LogP contribution is -2.00. The van der Waals surface area contributed by atoms with Crippen molar-refractivity contribution in [3.63, 3.8) is 0 Å². The molecule has 0 aliphatic carbocycles. The standard InChI is InChI=1S/C11H21N3S/c1-8(2)6-15-7-10-9(3)13-14(5)11(10)12-4/h8,12H,6-7H2,1-5H3. The number of anilines is 1. The number of rotatable bonds is 5. The molecule has 0 amide bonds. The molecule has 0 radical (unpaired) electrons. The van der Waals surface area contributed by atoms with Crippen LogP contribution in [-0.4, -0.2) is 22.6 Å². The Hall–Kier alpha value is -0.640. The lowest BCUT2D eigenvalue weighted by molar-refractivity contribution is 0.750. The zero-order valence-electron chi connectivity index (χ0n) is 10.3. The van der Waals surface area contributed by atoms with Crippen LogP contribution in [0.1, 0.15) is 25.1 Å². The Bertz CT molecular complexity index is 318. The minimum absolute atomic E-state index is 0.755. The van der Waals surface area contributed by atoms with Gasteiger partial charge in [-0.3, -0.25) is 4.68 Å². The SMILES string of the molecule is CNc1c(CSCC(C)C)c(C)nn1C. The molecule has 0 aliphatic rings. The van der Waals surface area contributed by atoms with Crippen LogP contribution in [0.25, 0.3) is 0 Å². The minimum atomic E-state index is 0.755. The topological polar surface area (TPSA) is 29.9 Å². The molecule has 4 heteroatoms. The number of hydrogen-bond acceptors (Lipinski definition) is 3. The maximum absolute atomic E-state index is 4.42. The number of nitrogens with one attached hydrogen (secondary N) is 1. The fraction of sp³-hybridized carbons (Fsp3) is 0.727. The summed E-state index contributed by atoms with van der Waals surface area (Å²) in [4.78, 5) is 0. The first-order valence-corrected chi connectivity index (χ1v) is 6.49. The van der Waals surface area contributed by atoms with Gasteiger partial charge in [-0.2, -0.15) is 16.9 Å². The smallest absolute Gasteiger partial charge is 0.128 e. The average Bonchev–Trinajstić information content (AvgIpc) is 2.41. The maximum Gasteiger partial charge on any atom is 0.128 e. The molecule has 0 unspecified atom stereocenters. The number of hydrogen-bond donors (Lipinski definition) is 1. The molecule has 1 rings (SSSR count). The molecule has 0 saturated carbocycles. The van der Waals surface area contributed by atoms with Crippen molar-refractivity contribution in [3.05, 3.63) is 11.3 Å². The third-order valence-corrected chi connectivity index (χ3v) is 3.68. The number of aromatic nitrogens is 2. The van der Waals surface area contributed by atoms with Gasteiger partial charge < -0.3 is 5.32 Å². The predicted molar refractivity (Wildman–Crippen MR) is 68.5 cm³/mol.